The predicted octanol–water partition coefficient (Wildman–Crippen LogP) is 14.8. The van der Waals surface area contributed by atoms with Gasteiger partial charge in [0.25, 0.3) is 0 Å². The third-order valence-corrected chi connectivity index (χ3v) is 11.6. The molecular weight excluding hydrogens is 629 g/mol. The van der Waals surface area contributed by atoms with Gasteiger partial charge < -0.3 is 9.80 Å². The fourth-order valence-corrected chi connectivity index (χ4v) is 8.00. The Balaban J connectivity index is 1.41. The van der Waals surface area contributed by atoms with E-state index in [0.29, 0.717) is 0 Å². The monoisotopic (exact) mass is 690 g/mol. The number of aryl methyl sites for hydroxylation is 2. The Morgan fingerprint density at radius 3 is 1.40 bits per heavy atom. The lowest BCUT2D eigenvalue weighted by molar-refractivity contribution is 0.504. The standard InChI is InChI=1S/C50H62N2/c1-11-14-16-36-18-23-39(24-19-36)51(40-27-29-42(30-28-40)52(48(4,5)6)41-25-20-37(21-26-41)17-15-12-2)43-31-33-45-44-32-22-38(49(7,8)13-3)34-46(44)50(9,10)47(45)35-43/h18-35H,11-17H2,1-10H3. The first kappa shape index (κ1) is 37.5. The predicted molar refractivity (Wildman–Crippen MR) is 228 cm³/mol. The molecule has 0 saturated carbocycles. The van der Waals surface area contributed by atoms with Gasteiger partial charge in [-0.3, -0.25) is 0 Å². The zero-order chi connectivity index (χ0) is 37.3. The number of benzene rings is 5. The highest BCUT2D eigenvalue weighted by Gasteiger charge is 2.37. The van der Waals surface area contributed by atoms with Crippen LogP contribution < -0.4 is 9.80 Å². The highest BCUT2D eigenvalue weighted by Crippen LogP contribution is 2.52. The van der Waals surface area contributed by atoms with E-state index in [1.54, 1.807) is 0 Å². The van der Waals surface area contributed by atoms with Crippen molar-refractivity contribution < 1.29 is 0 Å². The Morgan fingerprint density at radius 2 is 0.923 bits per heavy atom. The summed E-state index contributed by atoms with van der Waals surface area (Å²) in [5, 5.41) is 0. The van der Waals surface area contributed by atoms with Gasteiger partial charge in [-0.1, -0.05) is 110 Å². The molecule has 2 nitrogen and oxygen atoms in total. The fraction of sp³-hybridized carbons (Fsp3) is 0.400. The first-order valence-corrected chi connectivity index (χ1v) is 20.0. The summed E-state index contributed by atoms with van der Waals surface area (Å²) in [6.45, 7) is 23.3. The van der Waals surface area contributed by atoms with Crippen molar-refractivity contribution in [1.29, 1.82) is 0 Å². The zero-order valence-corrected chi connectivity index (χ0v) is 33.7. The molecule has 272 valence electrons. The Kier molecular flexibility index (Phi) is 10.8. The van der Waals surface area contributed by atoms with Crippen LogP contribution in [0.4, 0.5) is 28.4 Å². The van der Waals surface area contributed by atoms with Crippen LogP contribution in [0.25, 0.3) is 11.1 Å². The van der Waals surface area contributed by atoms with Crippen molar-refractivity contribution in [3.05, 3.63) is 137 Å². The van der Waals surface area contributed by atoms with Crippen LogP contribution in [0.1, 0.15) is 129 Å². The molecule has 5 aromatic rings. The van der Waals surface area contributed by atoms with E-state index in [1.807, 2.05) is 0 Å². The summed E-state index contributed by atoms with van der Waals surface area (Å²) in [5.41, 5.74) is 15.7. The van der Waals surface area contributed by atoms with E-state index in [-0.39, 0.29) is 16.4 Å². The summed E-state index contributed by atoms with van der Waals surface area (Å²) in [6.07, 6.45) is 8.25. The van der Waals surface area contributed by atoms with Gasteiger partial charge >= 0.3 is 0 Å². The van der Waals surface area contributed by atoms with Crippen LogP contribution in [0.2, 0.25) is 0 Å². The van der Waals surface area contributed by atoms with Crippen LogP contribution in [-0.2, 0) is 23.7 Å². The third-order valence-electron chi connectivity index (χ3n) is 11.6. The molecule has 0 aliphatic heterocycles. The van der Waals surface area contributed by atoms with E-state index in [2.05, 4.69) is 188 Å². The summed E-state index contributed by atoms with van der Waals surface area (Å²) >= 11 is 0. The molecular formula is C50H62N2. The highest BCUT2D eigenvalue weighted by molar-refractivity contribution is 5.86. The molecule has 0 radical (unpaired) electrons. The van der Waals surface area contributed by atoms with E-state index >= 15 is 0 Å². The molecule has 6 rings (SSSR count). The van der Waals surface area contributed by atoms with Gasteiger partial charge in [-0.2, -0.15) is 0 Å². The number of fused-ring (bicyclic) bond motifs is 3. The van der Waals surface area contributed by atoms with Crippen molar-refractivity contribution in [1.82, 2.24) is 0 Å². The number of hydrogen-bond acceptors (Lipinski definition) is 2. The number of hydrogen-bond donors (Lipinski definition) is 0. The maximum absolute atomic E-state index is 2.49. The van der Waals surface area contributed by atoms with Gasteiger partial charge in [0.2, 0.25) is 0 Å². The van der Waals surface area contributed by atoms with Gasteiger partial charge in [0.15, 0.2) is 0 Å². The SMILES string of the molecule is CCCCc1ccc(N(c2ccc(N(c3ccc(CCCC)cc3)C(C)(C)C)cc2)c2ccc3c(c2)C(C)(C)c2cc(C(C)(C)CC)ccc2-3)cc1. The van der Waals surface area contributed by atoms with Crippen LogP contribution in [0.15, 0.2) is 109 Å². The number of anilines is 5. The van der Waals surface area contributed by atoms with Crippen LogP contribution in [-0.4, -0.2) is 5.54 Å². The summed E-state index contributed by atoms with van der Waals surface area (Å²) in [7, 11) is 0. The molecule has 0 fully saturated rings. The van der Waals surface area contributed by atoms with E-state index in [1.165, 1.54) is 87.4 Å². The van der Waals surface area contributed by atoms with E-state index < -0.39 is 0 Å². The van der Waals surface area contributed by atoms with Gasteiger partial charge in [0, 0.05) is 39.4 Å². The molecule has 0 unspecified atom stereocenters. The smallest absolute Gasteiger partial charge is 0.0465 e. The van der Waals surface area contributed by atoms with Crippen molar-refractivity contribution >= 4 is 28.4 Å². The summed E-state index contributed by atoms with van der Waals surface area (Å²) in [6, 6.07) is 42.1. The Hall–Kier alpha value is -4.30. The van der Waals surface area contributed by atoms with Crippen LogP contribution in [0, 0.1) is 0 Å². The molecule has 52 heavy (non-hydrogen) atoms. The minimum atomic E-state index is -0.0979. The van der Waals surface area contributed by atoms with Crippen molar-refractivity contribution in [2.45, 2.75) is 131 Å². The van der Waals surface area contributed by atoms with Crippen molar-refractivity contribution in [3.63, 3.8) is 0 Å². The molecule has 0 spiro atoms. The van der Waals surface area contributed by atoms with Crippen LogP contribution in [0.5, 0.6) is 0 Å². The maximum atomic E-state index is 2.49. The topological polar surface area (TPSA) is 6.48 Å². The molecule has 0 atom stereocenters. The fourth-order valence-electron chi connectivity index (χ4n) is 8.00. The van der Waals surface area contributed by atoms with E-state index in [4.69, 9.17) is 0 Å². The number of nitrogens with zero attached hydrogens (tertiary/aromatic N) is 2. The largest absolute Gasteiger partial charge is 0.336 e. The molecule has 0 N–H and O–H groups in total. The van der Waals surface area contributed by atoms with Gasteiger partial charge in [0.1, 0.15) is 0 Å². The first-order valence-electron chi connectivity index (χ1n) is 20.0. The maximum Gasteiger partial charge on any atom is 0.0465 e. The van der Waals surface area contributed by atoms with Gasteiger partial charge in [0.05, 0.1) is 0 Å². The van der Waals surface area contributed by atoms with E-state index in [9.17, 15) is 0 Å². The lowest BCUT2D eigenvalue weighted by Gasteiger charge is -2.38. The minimum Gasteiger partial charge on any atom is -0.336 e. The van der Waals surface area contributed by atoms with E-state index in [0.717, 1.165) is 24.9 Å². The quantitative estimate of drug-likeness (QED) is 0.121. The lowest BCUT2D eigenvalue weighted by Crippen LogP contribution is -2.37. The molecule has 0 aromatic heterocycles. The number of rotatable bonds is 13. The minimum absolute atomic E-state index is 0.0900. The van der Waals surface area contributed by atoms with Crippen molar-refractivity contribution in [2.24, 2.45) is 0 Å². The molecule has 1 aliphatic carbocycles. The van der Waals surface area contributed by atoms with Gasteiger partial charge in [-0.15, -0.1) is 0 Å². The Morgan fingerprint density at radius 1 is 0.500 bits per heavy atom. The third kappa shape index (κ3) is 7.45. The Labute approximate surface area is 315 Å². The van der Waals surface area contributed by atoms with Gasteiger partial charge in [-0.25, -0.2) is 0 Å². The summed E-state index contributed by atoms with van der Waals surface area (Å²) < 4.78 is 0. The first-order chi connectivity index (χ1) is 24.8. The molecule has 5 aromatic carbocycles. The van der Waals surface area contributed by atoms with Crippen molar-refractivity contribution in [3.8, 4) is 11.1 Å². The number of unbranched alkanes of at least 4 members (excludes halogenated alkanes) is 2. The van der Waals surface area contributed by atoms with Crippen LogP contribution >= 0.6 is 0 Å². The summed E-state index contributed by atoms with van der Waals surface area (Å²) in [5.74, 6) is 0. The second-order valence-electron chi connectivity index (χ2n) is 17.3. The molecule has 0 saturated heterocycles. The second kappa shape index (κ2) is 15.0. The Bertz CT molecular complexity index is 1950. The molecule has 1 aliphatic rings. The van der Waals surface area contributed by atoms with Crippen LogP contribution in [0.3, 0.4) is 0 Å². The lowest BCUT2D eigenvalue weighted by atomic mass is 9.77. The van der Waals surface area contributed by atoms with Crippen molar-refractivity contribution in [2.75, 3.05) is 9.80 Å². The normalized spacial score (nSPS) is 13.5. The summed E-state index contributed by atoms with van der Waals surface area (Å²) in [4.78, 5) is 4.92. The highest BCUT2D eigenvalue weighted by atomic mass is 15.2. The average molecular weight is 691 g/mol. The second-order valence-corrected chi connectivity index (χ2v) is 17.3. The average Bonchev–Trinajstić information content (AvgIpc) is 3.36. The molecule has 0 heterocycles. The molecule has 2 heteroatoms. The molecule has 0 amide bonds. The zero-order valence-electron chi connectivity index (χ0n) is 33.7. The van der Waals surface area contributed by atoms with Gasteiger partial charge in [-0.05, 0) is 158 Å². The molecule has 0 bridgehead atoms.